The number of hydrogen-bond acceptors (Lipinski definition) is 8. The smallest absolute Gasteiger partial charge is 0.414 e. The zero-order chi connectivity index (χ0) is 32.0. The molecule has 0 radical (unpaired) electrons. The molecule has 0 saturated carbocycles. The summed E-state index contributed by atoms with van der Waals surface area (Å²) in [5.41, 5.74) is 4.68. The zero-order valence-electron chi connectivity index (χ0n) is 25.7. The summed E-state index contributed by atoms with van der Waals surface area (Å²) >= 11 is 1.61. The summed E-state index contributed by atoms with van der Waals surface area (Å²) in [5.74, 6) is 0.124. The van der Waals surface area contributed by atoms with Crippen molar-refractivity contribution in [3.8, 4) is 5.88 Å². The van der Waals surface area contributed by atoms with E-state index < -0.39 is 20.7 Å². The maximum Gasteiger partial charge on any atom is 0.414 e. The highest BCUT2D eigenvalue weighted by molar-refractivity contribution is 7.99. The number of hydrogen-bond donors (Lipinski definition) is 1. The summed E-state index contributed by atoms with van der Waals surface area (Å²) in [6.07, 6.45) is 11.4. The van der Waals surface area contributed by atoms with E-state index in [0.717, 1.165) is 36.3 Å². The molecule has 0 unspecified atom stereocenters. The summed E-state index contributed by atoms with van der Waals surface area (Å²) in [4.78, 5) is 13.5. The van der Waals surface area contributed by atoms with Gasteiger partial charge in [0.25, 0.3) is 15.7 Å². The number of sulfone groups is 1. The van der Waals surface area contributed by atoms with Crippen LogP contribution in [0.5, 0.6) is 5.88 Å². The van der Waals surface area contributed by atoms with Crippen molar-refractivity contribution < 1.29 is 27.5 Å². The van der Waals surface area contributed by atoms with Gasteiger partial charge in [0.05, 0.1) is 22.2 Å². The molecule has 0 aliphatic carbocycles. The molecule has 0 bridgehead atoms. The average molecular weight is 640 g/mol. The van der Waals surface area contributed by atoms with E-state index in [1.807, 2.05) is 18.2 Å². The van der Waals surface area contributed by atoms with Gasteiger partial charge in [0.15, 0.2) is 0 Å². The number of ether oxygens (including phenoxy) is 1. The van der Waals surface area contributed by atoms with Crippen molar-refractivity contribution in [2.75, 3.05) is 18.9 Å². The van der Waals surface area contributed by atoms with Crippen LogP contribution in [0.25, 0.3) is 0 Å². The number of amides is 1. The first-order valence-corrected chi connectivity index (χ1v) is 17.0. The van der Waals surface area contributed by atoms with E-state index >= 15 is 0 Å². The minimum absolute atomic E-state index is 0.00869. The third-order valence-corrected chi connectivity index (χ3v) is 9.35. The van der Waals surface area contributed by atoms with Crippen LogP contribution in [0.1, 0.15) is 70.2 Å². The minimum atomic E-state index is -4.19. The van der Waals surface area contributed by atoms with E-state index in [-0.39, 0.29) is 28.9 Å². The van der Waals surface area contributed by atoms with E-state index in [4.69, 9.17) is 4.74 Å². The standard InChI is InChI=1S/C33H41N3O6S2/c1-25(2)13-10-14-26(3)15-11-16-27(4)21-24-43-30-20-9-8-19-29(30)31(37)34-22-12-23-41-32-33(36(38)42-35-32)44(39,40)28-17-6-5-7-18-28/h5-9,13,15,17-21H,10-12,14,16,22-24H2,1-4H3,(H,34,37)/b26-15+,27-21+. The van der Waals surface area contributed by atoms with Crippen LogP contribution in [0.2, 0.25) is 0 Å². The first-order valence-electron chi connectivity index (χ1n) is 14.6. The first-order chi connectivity index (χ1) is 21.1. The van der Waals surface area contributed by atoms with E-state index in [1.54, 1.807) is 36.0 Å². The second kappa shape index (κ2) is 17.5. The maximum absolute atomic E-state index is 12.9. The van der Waals surface area contributed by atoms with Gasteiger partial charge in [-0.05, 0) is 89.0 Å². The quantitative estimate of drug-likeness (QED) is 0.0736. The molecule has 0 aliphatic rings. The van der Waals surface area contributed by atoms with Gasteiger partial charge in [0.1, 0.15) is 0 Å². The van der Waals surface area contributed by atoms with Crippen LogP contribution in [0.4, 0.5) is 0 Å². The lowest BCUT2D eigenvalue weighted by molar-refractivity contribution is -0.832. The topological polar surface area (TPSA) is 125 Å². The fourth-order valence-electron chi connectivity index (χ4n) is 4.17. The number of benzene rings is 2. The Hall–Kier alpha value is -3.83. The number of nitrogens with one attached hydrogen (secondary N) is 1. The fraction of sp³-hybridized carbons (Fsp3) is 0.364. The maximum atomic E-state index is 12.9. The normalized spacial score (nSPS) is 12.2. The lowest BCUT2D eigenvalue weighted by Crippen LogP contribution is -2.31. The van der Waals surface area contributed by atoms with Crippen LogP contribution in [0, 0.1) is 5.21 Å². The van der Waals surface area contributed by atoms with Crippen molar-refractivity contribution in [1.29, 1.82) is 0 Å². The van der Waals surface area contributed by atoms with Crippen LogP contribution in [0.3, 0.4) is 0 Å². The Morgan fingerprint density at radius 2 is 1.64 bits per heavy atom. The average Bonchev–Trinajstić information content (AvgIpc) is 3.38. The van der Waals surface area contributed by atoms with Gasteiger partial charge in [-0.25, -0.2) is 8.42 Å². The van der Waals surface area contributed by atoms with Crippen molar-refractivity contribution in [3.05, 3.63) is 100 Å². The lowest BCUT2D eigenvalue weighted by Gasteiger charge is -2.09. The molecule has 0 spiro atoms. The van der Waals surface area contributed by atoms with Crippen LogP contribution in [-0.2, 0) is 9.84 Å². The van der Waals surface area contributed by atoms with E-state index in [1.165, 1.54) is 28.9 Å². The van der Waals surface area contributed by atoms with E-state index in [0.29, 0.717) is 12.0 Å². The molecular weight excluding hydrogens is 599 g/mol. The zero-order valence-corrected chi connectivity index (χ0v) is 27.4. The molecule has 44 heavy (non-hydrogen) atoms. The number of thioether (sulfide) groups is 1. The second-order valence-corrected chi connectivity index (χ2v) is 13.5. The van der Waals surface area contributed by atoms with Crippen molar-refractivity contribution in [3.63, 3.8) is 0 Å². The summed E-state index contributed by atoms with van der Waals surface area (Å²) in [6.45, 7) is 8.87. The highest BCUT2D eigenvalue weighted by Crippen LogP contribution is 2.26. The Kier molecular flexibility index (Phi) is 13.8. The first kappa shape index (κ1) is 34.7. The molecule has 0 atom stereocenters. The van der Waals surface area contributed by atoms with Crippen molar-refractivity contribution in [1.82, 2.24) is 10.5 Å². The minimum Gasteiger partial charge on any atom is -0.454 e. The molecule has 0 saturated heterocycles. The Morgan fingerprint density at radius 3 is 2.36 bits per heavy atom. The molecule has 1 amide bonds. The van der Waals surface area contributed by atoms with Gasteiger partial charge in [-0.15, -0.1) is 11.8 Å². The van der Waals surface area contributed by atoms with Gasteiger partial charge >= 0.3 is 10.9 Å². The number of nitrogens with zero attached hydrogens (tertiary/aromatic N) is 2. The van der Waals surface area contributed by atoms with Gasteiger partial charge in [-0.1, -0.05) is 65.3 Å². The number of rotatable bonds is 17. The fourth-order valence-corrected chi connectivity index (χ4v) is 6.50. The van der Waals surface area contributed by atoms with Gasteiger partial charge in [0.2, 0.25) is 0 Å². The third-order valence-electron chi connectivity index (χ3n) is 6.63. The summed E-state index contributed by atoms with van der Waals surface area (Å²) < 4.78 is 35.7. The summed E-state index contributed by atoms with van der Waals surface area (Å²) in [6, 6.07) is 14.9. The lowest BCUT2D eigenvalue weighted by atomic mass is 10.1. The highest BCUT2D eigenvalue weighted by atomic mass is 32.2. The molecule has 1 aromatic heterocycles. The molecule has 0 aliphatic heterocycles. The Bertz CT molecular complexity index is 1570. The molecule has 11 heteroatoms. The summed E-state index contributed by atoms with van der Waals surface area (Å²) in [7, 11) is -4.19. The highest BCUT2D eigenvalue weighted by Gasteiger charge is 2.35. The van der Waals surface area contributed by atoms with Gasteiger partial charge in [-0.2, -0.15) is 0 Å². The molecule has 9 nitrogen and oxygen atoms in total. The van der Waals surface area contributed by atoms with E-state index in [2.05, 4.69) is 61.0 Å². The number of carbonyl (C=O) groups excluding carboxylic acids is 1. The number of allylic oxidation sites excluding steroid dienone is 5. The van der Waals surface area contributed by atoms with Gasteiger partial charge < -0.3 is 15.3 Å². The number of aromatic nitrogens is 2. The van der Waals surface area contributed by atoms with Crippen molar-refractivity contribution >= 4 is 27.5 Å². The van der Waals surface area contributed by atoms with E-state index in [9.17, 15) is 18.4 Å². The van der Waals surface area contributed by atoms with Gasteiger partial charge in [-0.3, -0.25) is 9.42 Å². The molecule has 2 aromatic carbocycles. The molecule has 3 rings (SSSR count). The van der Waals surface area contributed by atoms with Crippen LogP contribution in [0.15, 0.2) is 109 Å². The van der Waals surface area contributed by atoms with Crippen molar-refractivity contribution in [2.45, 2.75) is 74.6 Å². The molecule has 1 heterocycles. The molecule has 3 aromatic rings. The SMILES string of the molecule is CC(C)=CCC/C(C)=C/CC/C(C)=C/CSc1ccccc1C(=O)NCCCOc1no[n+]([O-])c1S(=O)(=O)c1ccccc1. The van der Waals surface area contributed by atoms with Crippen LogP contribution in [-0.4, -0.2) is 38.4 Å². The monoisotopic (exact) mass is 639 g/mol. The molecule has 1 N–H and O–H groups in total. The largest absolute Gasteiger partial charge is 0.454 e. The Balaban J connectivity index is 1.45. The molecule has 236 valence electrons. The predicted octanol–water partition coefficient (Wildman–Crippen LogP) is 6.85. The summed E-state index contributed by atoms with van der Waals surface area (Å²) in [5, 5.41) is 17.6. The molecule has 0 fully saturated rings. The van der Waals surface area contributed by atoms with Crippen LogP contribution >= 0.6 is 11.8 Å². The predicted molar refractivity (Wildman–Crippen MR) is 172 cm³/mol. The third kappa shape index (κ3) is 10.7. The Labute approximate surface area is 264 Å². The number of carbonyl (C=O) groups is 1. The molecular formula is C33H41N3O6S2. The van der Waals surface area contributed by atoms with Crippen molar-refractivity contribution in [2.24, 2.45) is 0 Å². The van der Waals surface area contributed by atoms with Gasteiger partial charge in [0, 0.05) is 17.2 Å². The second-order valence-electron chi connectivity index (χ2n) is 10.6. The Morgan fingerprint density at radius 1 is 0.977 bits per heavy atom. The van der Waals surface area contributed by atoms with Crippen LogP contribution < -0.4 is 15.0 Å².